The number of amides is 1. The minimum absolute atomic E-state index is 0.0190. The van der Waals surface area contributed by atoms with Gasteiger partial charge in [0.1, 0.15) is 0 Å². The van der Waals surface area contributed by atoms with Gasteiger partial charge in [-0.05, 0) is 30.0 Å². The number of hydrogen-bond donors (Lipinski definition) is 2. The molecule has 2 N–H and O–H groups in total. The Bertz CT molecular complexity index is 493. The first kappa shape index (κ1) is 16.0. The maximum absolute atomic E-state index is 12.0. The number of hydrogen-bond acceptors (Lipinski definition) is 3. The van der Waals surface area contributed by atoms with Crippen molar-refractivity contribution in [3.8, 4) is 0 Å². The quantitative estimate of drug-likeness (QED) is 0.846. The molecule has 2 rings (SSSR count). The number of carbonyl (C=O) groups is 1. The zero-order chi connectivity index (χ0) is 15.5. The zero-order valence-corrected chi connectivity index (χ0v) is 13.2. The summed E-state index contributed by atoms with van der Waals surface area (Å²) in [7, 11) is 0. The Morgan fingerprint density at radius 3 is 2.76 bits per heavy atom. The lowest BCUT2D eigenvalue weighted by atomic mass is 9.89. The number of aliphatic hydroxyl groups is 1. The van der Waals surface area contributed by atoms with Gasteiger partial charge >= 0.3 is 0 Å². The van der Waals surface area contributed by atoms with E-state index >= 15 is 0 Å². The molecular weight excluding hydrogens is 264 g/mol. The molecule has 21 heavy (non-hydrogen) atoms. The molecule has 116 valence electrons. The van der Waals surface area contributed by atoms with Gasteiger partial charge in [-0.2, -0.15) is 0 Å². The molecule has 1 heterocycles. The van der Waals surface area contributed by atoms with Crippen molar-refractivity contribution in [2.24, 2.45) is 0 Å². The van der Waals surface area contributed by atoms with Gasteiger partial charge in [0.2, 0.25) is 5.91 Å². The van der Waals surface area contributed by atoms with E-state index in [0.29, 0.717) is 25.6 Å². The number of carbonyl (C=O) groups excluding carboxylic acids is 1. The SMILES string of the molecule is CCCC1(O)CN(CC(=O)Nc2cccc(C(C)C)c2)C1. The molecule has 4 heteroatoms. The van der Waals surface area contributed by atoms with Gasteiger partial charge in [-0.3, -0.25) is 9.69 Å². The van der Waals surface area contributed by atoms with Gasteiger partial charge in [0.25, 0.3) is 0 Å². The highest BCUT2D eigenvalue weighted by Crippen LogP contribution is 2.25. The van der Waals surface area contributed by atoms with E-state index < -0.39 is 5.60 Å². The summed E-state index contributed by atoms with van der Waals surface area (Å²) in [6.45, 7) is 7.87. The topological polar surface area (TPSA) is 52.6 Å². The second-order valence-corrected chi connectivity index (χ2v) is 6.45. The third kappa shape index (κ3) is 4.29. The van der Waals surface area contributed by atoms with Crippen LogP contribution in [0.4, 0.5) is 5.69 Å². The van der Waals surface area contributed by atoms with Crippen molar-refractivity contribution in [3.63, 3.8) is 0 Å². The molecule has 1 aliphatic rings. The fourth-order valence-corrected chi connectivity index (χ4v) is 2.90. The van der Waals surface area contributed by atoms with Crippen LogP contribution in [0, 0.1) is 0 Å². The average molecular weight is 290 g/mol. The van der Waals surface area contributed by atoms with Crippen LogP contribution >= 0.6 is 0 Å². The summed E-state index contributed by atoms with van der Waals surface area (Å²) in [6.07, 6.45) is 1.78. The Balaban J connectivity index is 1.82. The van der Waals surface area contributed by atoms with Gasteiger partial charge in [-0.15, -0.1) is 0 Å². The Morgan fingerprint density at radius 2 is 2.14 bits per heavy atom. The van der Waals surface area contributed by atoms with Gasteiger partial charge < -0.3 is 10.4 Å². The van der Waals surface area contributed by atoms with Gasteiger partial charge in [0, 0.05) is 18.8 Å². The van der Waals surface area contributed by atoms with Crippen LogP contribution in [0.2, 0.25) is 0 Å². The largest absolute Gasteiger partial charge is 0.387 e. The van der Waals surface area contributed by atoms with Crippen molar-refractivity contribution in [2.45, 2.75) is 45.1 Å². The molecule has 0 spiro atoms. The third-order valence-electron chi connectivity index (χ3n) is 3.96. The maximum atomic E-state index is 12.0. The second kappa shape index (κ2) is 6.58. The summed E-state index contributed by atoms with van der Waals surface area (Å²) >= 11 is 0. The van der Waals surface area contributed by atoms with E-state index in [1.165, 1.54) is 5.56 Å². The van der Waals surface area contributed by atoms with E-state index in [1.807, 2.05) is 23.1 Å². The second-order valence-electron chi connectivity index (χ2n) is 6.45. The molecule has 0 radical (unpaired) electrons. The lowest BCUT2D eigenvalue weighted by molar-refractivity contribution is -0.129. The van der Waals surface area contributed by atoms with Crippen LogP contribution < -0.4 is 5.32 Å². The van der Waals surface area contributed by atoms with Gasteiger partial charge in [-0.25, -0.2) is 0 Å². The number of nitrogens with one attached hydrogen (secondary N) is 1. The van der Waals surface area contributed by atoms with E-state index in [9.17, 15) is 9.90 Å². The molecule has 0 aliphatic carbocycles. The Hall–Kier alpha value is -1.39. The summed E-state index contributed by atoms with van der Waals surface area (Å²) in [6, 6.07) is 7.97. The minimum atomic E-state index is -0.577. The van der Waals surface area contributed by atoms with Crippen LogP contribution in [0.1, 0.15) is 45.1 Å². The Morgan fingerprint density at radius 1 is 1.43 bits per heavy atom. The van der Waals surface area contributed by atoms with Crippen molar-refractivity contribution < 1.29 is 9.90 Å². The third-order valence-corrected chi connectivity index (χ3v) is 3.96. The van der Waals surface area contributed by atoms with E-state index in [-0.39, 0.29) is 5.91 Å². The molecule has 0 saturated carbocycles. The number of β-amino-alcohol motifs (C(OH)–C–C–N with tert-alkyl or cyclic N) is 1. The highest BCUT2D eigenvalue weighted by Gasteiger charge is 2.40. The lowest BCUT2D eigenvalue weighted by Gasteiger charge is -2.46. The van der Waals surface area contributed by atoms with E-state index in [1.54, 1.807) is 0 Å². The standard InChI is InChI=1S/C17H26N2O2/c1-4-8-17(21)11-19(12-17)10-16(20)18-15-7-5-6-14(9-15)13(2)3/h5-7,9,13,21H,4,8,10-12H2,1-3H3,(H,18,20). The fraction of sp³-hybridized carbons (Fsp3) is 0.588. The number of benzene rings is 1. The summed E-state index contributed by atoms with van der Waals surface area (Å²) in [5.41, 5.74) is 1.48. The maximum Gasteiger partial charge on any atom is 0.238 e. The average Bonchev–Trinajstić information content (AvgIpc) is 2.37. The van der Waals surface area contributed by atoms with Crippen LogP contribution in [0.3, 0.4) is 0 Å². The molecule has 0 atom stereocenters. The molecule has 1 amide bonds. The molecule has 4 nitrogen and oxygen atoms in total. The summed E-state index contributed by atoms with van der Waals surface area (Å²) in [5, 5.41) is 13.0. The monoisotopic (exact) mass is 290 g/mol. The first-order chi connectivity index (χ1) is 9.92. The first-order valence-corrected chi connectivity index (χ1v) is 7.76. The zero-order valence-electron chi connectivity index (χ0n) is 13.2. The van der Waals surface area contributed by atoms with Crippen molar-refractivity contribution in [2.75, 3.05) is 25.0 Å². The highest BCUT2D eigenvalue weighted by molar-refractivity contribution is 5.92. The Labute approximate surface area is 127 Å². The smallest absolute Gasteiger partial charge is 0.238 e. The van der Waals surface area contributed by atoms with Crippen molar-refractivity contribution in [3.05, 3.63) is 29.8 Å². The van der Waals surface area contributed by atoms with E-state index in [2.05, 4.69) is 32.2 Å². The molecule has 1 aromatic carbocycles. The summed E-state index contributed by atoms with van der Waals surface area (Å²) in [5.74, 6) is 0.427. The fourth-order valence-electron chi connectivity index (χ4n) is 2.90. The normalized spacial score (nSPS) is 17.6. The first-order valence-electron chi connectivity index (χ1n) is 7.76. The predicted octanol–water partition coefficient (Wildman–Crippen LogP) is 2.60. The van der Waals surface area contributed by atoms with Crippen LogP contribution in [-0.4, -0.2) is 41.1 Å². The molecule has 0 unspecified atom stereocenters. The van der Waals surface area contributed by atoms with Crippen molar-refractivity contribution in [1.29, 1.82) is 0 Å². The summed E-state index contributed by atoms with van der Waals surface area (Å²) < 4.78 is 0. The van der Waals surface area contributed by atoms with Crippen molar-refractivity contribution >= 4 is 11.6 Å². The minimum Gasteiger partial charge on any atom is -0.387 e. The molecule has 1 aliphatic heterocycles. The van der Waals surface area contributed by atoms with E-state index in [4.69, 9.17) is 0 Å². The molecule has 0 bridgehead atoms. The van der Waals surface area contributed by atoms with E-state index in [0.717, 1.165) is 18.5 Å². The van der Waals surface area contributed by atoms with Gasteiger partial charge in [0.15, 0.2) is 0 Å². The number of rotatable bonds is 6. The molecule has 1 aromatic rings. The lowest BCUT2D eigenvalue weighted by Crippen LogP contribution is -2.62. The molecule has 0 aromatic heterocycles. The number of nitrogens with zero attached hydrogens (tertiary/aromatic N) is 1. The van der Waals surface area contributed by atoms with Crippen LogP contribution in [0.15, 0.2) is 24.3 Å². The summed E-state index contributed by atoms with van der Waals surface area (Å²) in [4.78, 5) is 14.0. The molecule has 1 saturated heterocycles. The molecule has 1 fully saturated rings. The van der Waals surface area contributed by atoms with Gasteiger partial charge in [-0.1, -0.05) is 39.3 Å². The van der Waals surface area contributed by atoms with Crippen LogP contribution in [0.5, 0.6) is 0 Å². The Kier molecular flexibility index (Phi) is 5.01. The van der Waals surface area contributed by atoms with Crippen LogP contribution in [0.25, 0.3) is 0 Å². The number of likely N-dealkylation sites (tertiary alicyclic amines) is 1. The van der Waals surface area contributed by atoms with Crippen LogP contribution in [-0.2, 0) is 4.79 Å². The number of anilines is 1. The van der Waals surface area contributed by atoms with Gasteiger partial charge in [0.05, 0.1) is 12.1 Å². The predicted molar refractivity (Wildman–Crippen MR) is 85.5 cm³/mol. The van der Waals surface area contributed by atoms with Crippen molar-refractivity contribution in [1.82, 2.24) is 4.90 Å². The molecular formula is C17H26N2O2. The highest BCUT2D eigenvalue weighted by atomic mass is 16.3.